The number of para-hydroxylation sites is 1. The van der Waals surface area contributed by atoms with Gasteiger partial charge in [-0.3, -0.25) is 0 Å². The van der Waals surface area contributed by atoms with Gasteiger partial charge in [-0.1, -0.05) is 18.2 Å². The first-order chi connectivity index (χ1) is 9.56. The van der Waals surface area contributed by atoms with E-state index in [-0.39, 0.29) is 0 Å². The Morgan fingerprint density at radius 1 is 1.00 bits per heavy atom. The fourth-order valence-corrected chi connectivity index (χ4v) is 2.52. The number of benzene rings is 2. The quantitative estimate of drug-likeness (QED) is 0.601. The minimum absolute atomic E-state index is 0.776. The molecular weight excluding hydrogens is 246 g/mol. The van der Waals surface area contributed by atoms with Gasteiger partial charge in [-0.2, -0.15) is 0 Å². The van der Waals surface area contributed by atoms with Crippen LogP contribution in [0.15, 0.2) is 36.4 Å². The number of aromatic amines is 1. The minimum atomic E-state index is 0.776. The van der Waals surface area contributed by atoms with Crippen LogP contribution in [0.5, 0.6) is 0 Å². The van der Waals surface area contributed by atoms with Crippen molar-refractivity contribution in [3.05, 3.63) is 53.2 Å². The molecule has 3 rings (SSSR count). The highest BCUT2D eigenvalue weighted by Gasteiger charge is 2.10. The number of rotatable bonds is 2. The first kappa shape index (κ1) is 12.6. The van der Waals surface area contributed by atoms with Gasteiger partial charge < -0.3 is 16.0 Å². The fraction of sp³-hybridized carbons (Fsp3) is 0.176. The zero-order valence-corrected chi connectivity index (χ0v) is 12.0. The molecule has 0 aliphatic carbocycles. The van der Waals surface area contributed by atoms with Crippen LogP contribution < -0.4 is 11.1 Å². The molecule has 0 radical (unpaired) electrons. The number of nitrogen functional groups attached to an aromatic ring is 1. The SMILES string of the molecule is Cc1cc(N)c(Nc2c(C)[nH]c3ccccc23)cc1C. The molecule has 0 aliphatic heterocycles. The number of fused-ring (bicyclic) bond motifs is 1. The zero-order valence-electron chi connectivity index (χ0n) is 12.0. The average Bonchev–Trinajstić information content (AvgIpc) is 2.72. The van der Waals surface area contributed by atoms with Gasteiger partial charge in [0.15, 0.2) is 0 Å². The molecule has 0 atom stereocenters. The lowest BCUT2D eigenvalue weighted by Gasteiger charge is -2.12. The fourth-order valence-electron chi connectivity index (χ4n) is 2.52. The molecule has 1 heterocycles. The highest BCUT2D eigenvalue weighted by molar-refractivity contribution is 5.97. The lowest BCUT2D eigenvalue weighted by atomic mass is 10.1. The Balaban J connectivity index is 2.10. The molecule has 3 nitrogen and oxygen atoms in total. The molecule has 0 unspecified atom stereocenters. The third-order valence-corrected chi connectivity index (χ3v) is 3.82. The molecule has 0 saturated carbocycles. The summed E-state index contributed by atoms with van der Waals surface area (Å²) in [5, 5.41) is 4.66. The summed E-state index contributed by atoms with van der Waals surface area (Å²) in [6.45, 7) is 6.24. The monoisotopic (exact) mass is 265 g/mol. The number of anilines is 3. The van der Waals surface area contributed by atoms with Gasteiger partial charge >= 0.3 is 0 Å². The van der Waals surface area contributed by atoms with Gasteiger partial charge in [0.05, 0.1) is 17.1 Å². The highest BCUT2D eigenvalue weighted by Crippen LogP contribution is 2.33. The van der Waals surface area contributed by atoms with Crippen LogP contribution in [0.1, 0.15) is 16.8 Å². The number of nitrogens with one attached hydrogen (secondary N) is 2. The van der Waals surface area contributed by atoms with Gasteiger partial charge in [0.1, 0.15) is 0 Å². The van der Waals surface area contributed by atoms with E-state index in [0.717, 1.165) is 28.3 Å². The van der Waals surface area contributed by atoms with Crippen molar-refractivity contribution >= 4 is 28.0 Å². The number of hydrogen-bond donors (Lipinski definition) is 3. The van der Waals surface area contributed by atoms with E-state index >= 15 is 0 Å². The van der Waals surface area contributed by atoms with E-state index in [4.69, 9.17) is 5.73 Å². The van der Waals surface area contributed by atoms with E-state index in [2.05, 4.69) is 49.3 Å². The molecule has 102 valence electrons. The number of aromatic nitrogens is 1. The first-order valence-corrected chi connectivity index (χ1v) is 6.77. The van der Waals surface area contributed by atoms with Crippen molar-refractivity contribution in [2.75, 3.05) is 11.1 Å². The summed E-state index contributed by atoms with van der Waals surface area (Å²) in [5.74, 6) is 0. The number of hydrogen-bond acceptors (Lipinski definition) is 2. The summed E-state index contributed by atoms with van der Waals surface area (Å²) in [6, 6.07) is 12.4. The molecule has 20 heavy (non-hydrogen) atoms. The molecule has 3 aromatic rings. The summed E-state index contributed by atoms with van der Waals surface area (Å²) in [4.78, 5) is 3.39. The molecule has 0 fully saturated rings. The summed E-state index contributed by atoms with van der Waals surface area (Å²) >= 11 is 0. The van der Waals surface area contributed by atoms with E-state index in [1.54, 1.807) is 0 Å². The van der Waals surface area contributed by atoms with Crippen LogP contribution in [0.3, 0.4) is 0 Å². The second kappa shape index (κ2) is 4.60. The van der Waals surface area contributed by atoms with Gasteiger partial charge in [0.2, 0.25) is 0 Å². The molecule has 0 amide bonds. The molecule has 3 heteroatoms. The van der Waals surface area contributed by atoms with E-state index in [1.807, 2.05) is 18.2 Å². The van der Waals surface area contributed by atoms with Gasteiger partial charge in [0.25, 0.3) is 0 Å². The predicted molar refractivity (Wildman–Crippen MR) is 86.6 cm³/mol. The summed E-state index contributed by atoms with van der Waals surface area (Å²) < 4.78 is 0. The Morgan fingerprint density at radius 2 is 1.70 bits per heavy atom. The standard InChI is InChI=1S/C17H19N3/c1-10-8-14(18)16(9-11(10)2)20-17-12(3)19-15-7-5-4-6-13(15)17/h4-9,19-20H,18H2,1-3H3. The maximum absolute atomic E-state index is 6.13. The van der Waals surface area contributed by atoms with Crippen molar-refractivity contribution in [1.29, 1.82) is 0 Å². The summed E-state index contributed by atoms with van der Waals surface area (Å²) in [6.07, 6.45) is 0. The highest BCUT2D eigenvalue weighted by atomic mass is 14.9. The van der Waals surface area contributed by atoms with Crippen LogP contribution in [-0.4, -0.2) is 4.98 Å². The molecule has 0 bridgehead atoms. The average molecular weight is 265 g/mol. The van der Waals surface area contributed by atoms with Crippen molar-refractivity contribution in [2.24, 2.45) is 0 Å². The zero-order chi connectivity index (χ0) is 14.3. The summed E-state index contributed by atoms with van der Waals surface area (Å²) in [5.41, 5.74) is 13.7. The third kappa shape index (κ3) is 2.01. The Bertz CT molecular complexity index is 784. The van der Waals surface area contributed by atoms with Gasteiger partial charge in [-0.05, 0) is 50.1 Å². The van der Waals surface area contributed by atoms with Crippen molar-refractivity contribution in [1.82, 2.24) is 4.98 Å². The van der Waals surface area contributed by atoms with E-state index in [0.29, 0.717) is 0 Å². The molecule has 0 spiro atoms. The third-order valence-electron chi connectivity index (χ3n) is 3.82. The summed E-state index contributed by atoms with van der Waals surface area (Å²) in [7, 11) is 0. The number of nitrogens with two attached hydrogens (primary N) is 1. The van der Waals surface area contributed by atoms with Gasteiger partial charge in [-0.25, -0.2) is 0 Å². The van der Waals surface area contributed by atoms with Crippen LogP contribution in [0.2, 0.25) is 0 Å². The lowest BCUT2D eigenvalue weighted by molar-refractivity contribution is 1.29. The second-order valence-corrected chi connectivity index (χ2v) is 5.32. The lowest BCUT2D eigenvalue weighted by Crippen LogP contribution is -1.99. The largest absolute Gasteiger partial charge is 0.397 e. The van der Waals surface area contributed by atoms with Crippen molar-refractivity contribution in [2.45, 2.75) is 20.8 Å². The minimum Gasteiger partial charge on any atom is -0.397 e. The van der Waals surface area contributed by atoms with Crippen LogP contribution in [0.25, 0.3) is 10.9 Å². The predicted octanol–water partition coefficient (Wildman–Crippen LogP) is 4.42. The Labute approximate surface area is 118 Å². The smallest absolute Gasteiger partial charge is 0.0672 e. The van der Waals surface area contributed by atoms with Gasteiger partial charge in [0, 0.05) is 16.6 Å². The van der Waals surface area contributed by atoms with E-state index in [1.165, 1.54) is 16.5 Å². The maximum Gasteiger partial charge on any atom is 0.0672 e. The Hall–Kier alpha value is -2.42. The van der Waals surface area contributed by atoms with E-state index in [9.17, 15) is 0 Å². The van der Waals surface area contributed by atoms with Crippen LogP contribution in [0.4, 0.5) is 17.1 Å². The molecule has 1 aromatic heterocycles. The maximum atomic E-state index is 6.13. The van der Waals surface area contributed by atoms with Crippen molar-refractivity contribution < 1.29 is 0 Å². The first-order valence-electron chi connectivity index (χ1n) is 6.77. The molecule has 0 saturated heterocycles. The topological polar surface area (TPSA) is 53.8 Å². The molecule has 4 N–H and O–H groups in total. The van der Waals surface area contributed by atoms with Gasteiger partial charge in [-0.15, -0.1) is 0 Å². The van der Waals surface area contributed by atoms with E-state index < -0.39 is 0 Å². The van der Waals surface area contributed by atoms with Crippen LogP contribution in [0, 0.1) is 20.8 Å². The van der Waals surface area contributed by atoms with Crippen molar-refractivity contribution in [3.8, 4) is 0 Å². The Kier molecular flexibility index (Phi) is 2.90. The van der Waals surface area contributed by atoms with Crippen LogP contribution in [-0.2, 0) is 0 Å². The normalized spacial score (nSPS) is 10.9. The molecule has 0 aliphatic rings. The van der Waals surface area contributed by atoms with Crippen molar-refractivity contribution in [3.63, 3.8) is 0 Å². The Morgan fingerprint density at radius 3 is 2.50 bits per heavy atom. The number of H-pyrrole nitrogens is 1. The molecular formula is C17H19N3. The second-order valence-electron chi connectivity index (χ2n) is 5.32. The molecule has 2 aromatic carbocycles. The van der Waals surface area contributed by atoms with Crippen LogP contribution >= 0.6 is 0 Å². The number of aryl methyl sites for hydroxylation is 3.